The van der Waals surface area contributed by atoms with Crippen LogP contribution >= 0.6 is 11.3 Å². The molecule has 0 fully saturated rings. The van der Waals surface area contributed by atoms with Gasteiger partial charge < -0.3 is 5.32 Å². The zero-order valence-electron chi connectivity index (χ0n) is 11.5. The van der Waals surface area contributed by atoms with Gasteiger partial charge in [0.25, 0.3) is 0 Å². The Labute approximate surface area is 122 Å². The highest BCUT2D eigenvalue weighted by molar-refractivity contribution is 7.15. The van der Waals surface area contributed by atoms with Crippen LogP contribution in [0.2, 0.25) is 0 Å². The van der Waals surface area contributed by atoms with Crippen molar-refractivity contribution in [3.05, 3.63) is 29.0 Å². The summed E-state index contributed by atoms with van der Waals surface area (Å²) in [6.45, 7) is 2.87. The van der Waals surface area contributed by atoms with Gasteiger partial charge in [-0.2, -0.15) is 5.10 Å². The summed E-state index contributed by atoms with van der Waals surface area (Å²) in [6.07, 6.45) is 7.32. The van der Waals surface area contributed by atoms with E-state index < -0.39 is 0 Å². The molecule has 2 heterocycles. The number of anilines is 1. The molecular formula is C14H18N4OS. The molecule has 1 amide bonds. The van der Waals surface area contributed by atoms with Gasteiger partial charge in [-0.25, -0.2) is 4.98 Å². The summed E-state index contributed by atoms with van der Waals surface area (Å²) < 4.78 is 1.76. The lowest BCUT2D eigenvalue weighted by molar-refractivity contribution is -0.116. The molecule has 5 nitrogen and oxygen atoms in total. The lowest BCUT2D eigenvalue weighted by atomic mass is 9.93. The molecule has 0 spiro atoms. The number of hydrogen-bond acceptors (Lipinski definition) is 4. The quantitative estimate of drug-likeness (QED) is 0.941. The Hall–Kier alpha value is -1.69. The van der Waals surface area contributed by atoms with Gasteiger partial charge in [0, 0.05) is 30.2 Å². The lowest BCUT2D eigenvalue weighted by Gasteiger charge is -2.15. The second-order valence-corrected chi connectivity index (χ2v) is 6.39. The predicted octanol–water partition coefficient (Wildman–Crippen LogP) is 2.49. The molecule has 3 rings (SSSR count). The summed E-state index contributed by atoms with van der Waals surface area (Å²) in [5.74, 6) is 0.728. The number of nitrogens with one attached hydrogen (secondary N) is 1. The Balaban J connectivity index is 1.56. The Morgan fingerprint density at radius 1 is 1.60 bits per heavy atom. The Morgan fingerprint density at radius 2 is 2.50 bits per heavy atom. The van der Waals surface area contributed by atoms with Crippen LogP contribution in [0.15, 0.2) is 18.5 Å². The summed E-state index contributed by atoms with van der Waals surface area (Å²) in [4.78, 5) is 17.8. The van der Waals surface area contributed by atoms with Gasteiger partial charge in [-0.05, 0) is 31.2 Å². The van der Waals surface area contributed by atoms with E-state index in [2.05, 4.69) is 22.3 Å². The van der Waals surface area contributed by atoms with Crippen molar-refractivity contribution in [2.75, 3.05) is 5.32 Å². The van der Waals surface area contributed by atoms with Crippen molar-refractivity contribution in [3.63, 3.8) is 0 Å². The zero-order valence-corrected chi connectivity index (χ0v) is 12.3. The maximum absolute atomic E-state index is 11.9. The van der Waals surface area contributed by atoms with E-state index in [9.17, 15) is 4.79 Å². The zero-order chi connectivity index (χ0) is 13.9. The molecule has 0 aliphatic heterocycles. The van der Waals surface area contributed by atoms with Crippen LogP contribution in [0, 0.1) is 5.92 Å². The van der Waals surface area contributed by atoms with Gasteiger partial charge >= 0.3 is 0 Å². The second-order valence-electron chi connectivity index (χ2n) is 5.30. The number of amides is 1. The molecule has 2 aromatic rings. The van der Waals surface area contributed by atoms with Crippen molar-refractivity contribution in [2.45, 2.75) is 39.2 Å². The molecule has 2 aromatic heterocycles. The van der Waals surface area contributed by atoms with Crippen LogP contribution in [0.4, 0.5) is 5.13 Å². The SMILES string of the molecule is CC1CCc2nc(NC(=O)CCn3cccn3)sc2C1. The second kappa shape index (κ2) is 5.75. The molecular weight excluding hydrogens is 272 g/mol. The van der Waals surface area contributed by atoms with E-state index in [-0.39, 0.29) is 5.91 Å². The van der Waals surface area contributed by atoms with E-state index in [4.69, 9.17) is 0 Å². The number of carbonyl (C=O) groups is 1. The summed E-state index contributed by atoms with van der Waals surface area (Å²) in [5, 5.41) is 7.73. The molecule has 0 aromatic carbocycles. The normalized spacial score (nSPS) is 17.8. The molecule has 0 radical (unpaired) electrons. The fraction of sp³-hybridized carbons (Fsp3) is 0.500. The standard InChI is InChI=1S/C14H18N4OS/c1-10-3-4-11-12(9-10)20-14(16-11)17-13(19)5-8-18-7-2-6-15-18/h2,6-7,10H,3-5,8-9H2,1H3,(H,16,17,19). The minimum Gasteiger partial charge on any atom is -0.302 e. The van der Waals surface area contributed by atoms with Gasteiger partial charge in [0.15, 0.2) is 5.13 Å². The largest absolute Gasteiger partial charge is 0.302 e. The first-order valence-electron chi connectivity index (χ1n) is 6.96. The van der Waals surface area contributed by atoms with Gasteiger partial charge in [0.1, 0.15) is 0 Å². The van der Waals surface area contributed by atoms with Gasteiger partial charge in [0.2, 0.25) is 5.91 Å². The average Bonchev–Trinajstić information content (AvgIpc) is 3.04. The molecule has 1 unspecified atom stereocenters. The number of fused-ring (bicyclic) bond motifs is 1. The average molecular weight is 290 g/mol. The predicted molar refractivity (Wildman–Crippen MR) is 78.8 cm³/mol. The molecule has 106 valence electrons. The van der Waals surface area contributed by atoms with E-state index in [1.165, 1.54) is 17.0 Å². The molecule has 6 heteroatoms. The molecule has 0 saturated heterocycles. The van der Waals surface area contributed by atoms with Gasteiger partial charge in [-0.3, -0.25) is 9.48 Å². The van der Waals surface area contributed by atoms with Crippen LogP contribution in [0.5, 0.6) is 0 Å². The summed E-state index contributed by atoms with van der Waals surface area (Å²) in [5.41, 5.74) is 1.18. The fourth-order valence-electron chi connectivity index (χ4n) is 2.42. The highest BCUT2D eigenvalue weighted by atomic mass is 32.1. The van der Waals surface area contributed by atoms with E-state index in [1.807, 2.05) is 12.3 Å². The summed E-state index contributed by atoms with van der Waals surface area (Å²) in [7, 11) is 0. The Bertz CT molecular complexity index is 590. The van der Waals surface area contributed by atoms with Crippen LogP contribution in [-0.2, 0) is 24.2 Å². The monoisotopic (exact) mass is 290 g/mol. The van der Waals surface area contributed by atoms with E-state index in [0.29, 0.717) is 13.0 Å². The smallest absolute Gasteiger partial charge is 0.228 e. The van der Waals surface area contributed by atoms with Crippen LogP contribution < -0.4 is 5.32 Å². The lowest BCUT2D eigenvalue weighted by Crippen LogP contribution is -2.14. The third-order valence-electron chi connectivity index (χ3n) is 3.56. The number of rotatable bonds is 4. The molecule has 1 aliphatic rings. The summed E-state index contributed by atoms with van der Waals surface area (Å²) >= 11 is 1.63. The van der Waals surface area contributed by atoms with Crippen molar-refractivity contribution < 1.29 is 4.79 Å². The Morgan fingerprint density at radius 3 is 3.30 bits per heavy atom. The molecule has 1 N–H and O–H groups in total. The number of aryl methyl sites for hydroxylation is 2. The highest BCUT2D eigenvalue weighted by Crippen LogP contribution is 2.32. The molecule has 0 saturated carbocycles. The van der Waals surface area contributed by atoms with E-state index in [0.717, 1.165) is 23.9 Å². The summed E-state index contributed by atoms with van der Waals surface area (Å²) in [6, 6.07) is 1.86. The first-order valence-corrected chi connectivity index (χ1v) is 7.78. The first kappa shape index (κ1) is 13.3. The fourth-order valence-corrected chi connectivity index (χ4v) is 3.61. The highest BCUT2D eigenvalue weighted by Gasteiger charge is 2.20. The van der Waals surface area contributed by atoms with Crippen molar-refractivity contribution >= 4 is 22.4 Å². The van der Waals surface area contributed by atoms with Crippen LogP contribution in [0.1, 0.15) is 30.3 Å². The maximum atomic E-state index is 11.9. The van der Waals surface area contributed by atoms with Crippen LogP contribution in [0.25, 0.3) is 0 Å². The van der Waals surface area contributed by atoms with Gasteiger partial charge in [-0.15, -0.1) is 11.3 Å². The van der Waals surface area contributed by atoms with Gasteiger partial charge in [0.05, 0.1) is 5.69 Å². The van der Waals surface area contributed by atoms with Crippen LogP contribution in [-0.4, -0.2) is 20.7 Å². The minimum atomic E-state index is -0.000328. The van der Waals surface area contributed by atoms with E-state index >= 15 is 0 Å². The Kier molecular flexibility index (Phi) is 3.82. The number of nitrogens with zero attached hydrogens (tertiary/aromatic N) is 3. The van der Waals surface area contributed by atoms with Crippen molar-refractivity contribution in [1.82, 2.24) is 14.8 Å². The number of carbonyl (C=O) groups excluding carboxylic acids is 1. The maximum Gasteiger partial charge on any atom is 0.228 e. The number of thiazole rings is 1. The number of hydrogen-bond donors (Lipinski definition) is 1. The molecule has 20 heavy (non-hydrogen) atoms. The minimum absolute atomic E-state index is 0.000328. The molecule has 0 bridgehead atoms. The van der Waals surface area contributed by atoms with Crippen molar-refractivity contribution in [1.29, 1.82) is 0 Å². The van der Waals surface area contributed by atoms with Crippen LogP contribution in [0.3, 0.4) is 0 Å². The third-order valence-corrected chi connectivity index (χ3v) is 4.59. The van der Waals surface area contributed by atoms with Gasteiger partial charge in [-0.1, -0.05) is 6.92 Å². The molecule has 1 atom stereocenters. The first-order chi connectivity index (χ1) is 9.70. The molecule has 1 aliphatic carbocycles. The topological polar surface area (TPSA) is 59.8 Å². The van der Waals surface area contributed by atoms with Crippen molar-refractivity contribution in [2.24, 2.45) is 5.92 Å². The number of aromatic nitrogens is 3. The van der Waals surface area contributed by atoms with E-state index in [1.54, 1.807) is 22.2 Å². The van der Waals surface area contributed by atoms with Crippen molar-refractivity contribution in [3.8, 4) is 0 Å². The third kappa shape index (κ3) is 3.07.